The standard InChI is InChI=1S/C22H22Cl2N4O4/c1-22(2,32)13-27-19(29)12-26-28(21(27)31)15-7-8-18(24)16(11-15)20(30)25-10-9-14-5-3-4-6-17(14)23/h3-8,11-12,32H,9-10,13H2,1-2H3,(H,25,30). The number of amides is 1. The molecule has 0 saturated heterocycles. The molecule has 168 valence electrons. The summed E-state index contributed by atoms with van der Waals surface area (Å²) in [6.45, 7) is 3.09. The Morgan fingerprint density at radius 2 is 1.84 bits per heavy atom. The largest absolute Gasteiger partial charge is 0.389 e. The molecule has 10 heteroatoms. The van der Waals surface area contributed by atoms with Crippen LogP contribution in [0, 0.1) is 0 Å². The minimum absolute atomic E-state index is 0.150. The predicted molar refractivity (Wildman–Crippen MR) is 123 cm³/mol. The van der Waals surface area contributed by atoms with Crippen LogP contribution in [0.15, 0.2) is 58.3 Å². The Morgan fingerprint density at radius 1 is 1.12 bits per heavy atom. The Labute approximate surface area is 194 Å². The molecule has 2 aromatic carbocycles. The van der Waals surface area contributed by atoms with Gasteiger partial charge in [-0.3, -0.25) is 14.2 Å². The zero-order chi connectivity index (χ0) is 23.5. The molecule has 8 nitrogen and oxygen atoms in total. The molecular weight excluding hydrogens is 455 g/mol. The zero-order valence-electron chi connectivity index (χ0n) is 17.5. The molecule has 0 aliphatic carbocycles. The van der Waals surface area contributed by atoms with Crippen LogP contribution in [-0.4, -0.2) is 37.5 Å². The van der Waals surface area contributed by atoms with Crippen LogP contribution in [0.2, 0.25) is 10.0 Å². The topological polar surface area (TPSA) is 106 Å². The van der Waals surface area contributed by atoms with Gasteiger partial charge in [-0.2, -0.15) is 9.78 Å². The fourth-order valence-corrected chi connectivity index (χ4v) is 3.50. The number of carbonyl (C=O) groups is 1. The summed E-state index contributed by atoms with van der Waals surface area (Å²) in [6.07, 6.45) is 1.51. The van der Waals surface area contributed by atoms with E-state index in [0.717, 1.165) is 21.0 Å². The summed E-state index contributed by atoms with van der Waals surface area (Å²) < 4.78 is 1.86. The maximum atomic E-state index is 12.8. The number of hydrogen-bond acceptors (Lipinski definition) is 5. The fraction of sp³-hybridized carbons (Fsp3) is 0.273. The van der Waals surface area contributed by atoms with Crippen molar-refractivity contribution in [2.24, 2.45) is 0 Å². The lowest BCUT2D eigenvalue weighted by molar-refractivity contribution is 0.0585. The highest BCUT2D eigenvalue weighted by atomic mass is 35.5. The van der Waals surface area contributed by atoms with E-state index in [4.69, 9.17) is 23.2 Å². The number of carbonyl (C=O) groups excluding carboxylic acids is 1. The molecule has 0 aliphatic heterocycles. The van der Waals surface area contributed by atoms with Gasteiger partial charge in [0.05, 0.1) is 28.4 Å². The first kappa shape index (κ1) is 23.7. The molecule has 1 heterocycles. The average molecular weight is 477 g/mol. The molecule has 0 aliphatic rings. The molecular formula is C22H22Cl2N4O4. The highest BCUT2D eigenvalue weighted by Crippen LogP contribution is 2.19. The van der Waals surface area contributed by atoms with Crippen molar-refractivity contribution in [1.29, 1.82) is 0 Å². The Kier molecular flexibility index (Phi) is 7.18. The third-order valence-corrected chi connectivity index (χ3v) is 5.28. The fourth-order valence-electron chi connectivity index (χ4n) is 3.07. The van der Waals surface area contributed by atoms with Gasteiger partial charge in [-0.05, 0) is 50.1 Å². The van der Waals surface area contributed by atoms with Gasteiger partial charge in [0.1, 0.15) is 6.20 Å². The van der Waals surface area contributed by atoms with E-state index >= 15 is 0 Å². The lowest BCUT2D eigenvalue weighted by atomic mass is 10.1. The number of benzene rings is 2. The van der Waals surface area contributed by atoms with Crippen molar-refractivity contribution in [2.75, 3.05) is 6.54 Å². The monoisotopic (exact) mass is 476 g/mol. The third-order valence-electron chi connectivity index (χ3n) is 4.58. The van der Waals surface area contributed by atoms with Gasteiger partial charge < -0.3 is 10.4 Å². The highest BCUT2D eigenvalue weighted by molar-refractivity contribution is 6.34. The van der Waals surface area contributed by atoms with Gasteiger partial charge in [-0.25, -0.2) is 4.79 Å². The number of hydrogen-bond donors (Lipinski definition) is 2. The SMILES string of the molecule is CC(C)(O)Cn1c(=O)cnn(-c2ccc(Cl)c(C(=O)NCCc3ccccc3Cl)c2)c1=O. The molecule has 0 unspecified atom stereocenters. The van der Waals surface area contributed by atoms with Crippen molar-refractivity contribution >= 4 is 29.1 Å². The maximum Gasteiger partial charge on any atom is 0.352 e. The maximum absolute atomic E-state index is 12.8. The molecule has 3 aromatic rings. The molecule has 32 heavy (non-hydrogen) atoms. The van der Waals surface area contributed by atoms with Gasteiger partial charge in [-0.1, -0.05) is 41.4 Å². The van der Waals surface area contributed by atoms with Crippen LogP contribution in [0.1, 0.15) is 29.8 Å². The molecule has 0 radical (unpaired) electrons. The van der Waals surface area contributed by atoms with Gasteiger partial charge in [0.25, 0.3) is 11.5 Å². The summed E-state index contributed by atoms with van der Waals surface area (Å²) in [7, 11) is 0. The molecule has 2 N–H and O–H groups in total. The lowest BCUT2D eigenvalue weighted by Gasteiger charge is -2.18. The van der Waals surface area contributed by atoms with Gasteiger partial charge in [0.15, 0.2) is 0 Å². The number of nitrogens with zero attached hydrogens (tertiary/aromatic N) is 3. The van der Waals surface area contributed by atoms with Crippen LogP contribution in [0.25, 0.3) is 5.69 Å². The summed E-state index contributed by atoms with van der Waals surface area (Å²) in [5, 5.41) is 17.5. The Bertz CT molecular complexity index is 1260. The normalized spacial score (nSPS) is 11.4. The molecule has 1 amide bonds. The molecule has 0 fully saturated rings. The first-order valence-electron chi connectivity index (χ1n) is 9.80. The lowest BCUT2D eigenvalue weighted by Crippen LogP contribution is -2.44. The molecule has 0 spiro atoms. The van der Waals surface area contributed by atoms with Crippen LogP contribution in [0.3, 0.4) is 0 Å². The van der Waals surface area contributed by atoms with E-state index in [1.165, 1.54) is 32.0 Å². The van der Waals surface area contributed by atoms with Crippen LogP contribution in [0.5, 0.6) is 0 Å². The zero-order valence-corrected chi connectivity index (χ0v) is 19.0. The Balaban J connectivity index is 1.85. The van der Waals surface area contributed by atoms with Crippen molar-refractivity contribution in [3.05, 3.63) is 90.7 Å². The Morgan fingerprint density at radius 3 is 2.53 bits per heavy atom. The minimum Gasteiger partial charge on any atom is -0.389 e. The summed E-state index contributed by atoms with van der Waals surface area (Å²) in [6, 6.07) is 11.8. The number of rotatable bonds is 7. The molecule has 1 aromatic heterocycles. The third kappa shape index (κ3) is 5.64. The highest BCUT2D eigenvalue weighted by Gasteiger charge is 2.19. The van der Waals surface area contributed by atoms with Crippen molar-refractivity contribution < 1.29 is 9.90 Å². The Hall–Kier alpha value is -2.94. The molecule has 0 atom stereocenters. The first-order chi connectivity index (χ1) is 15.1. The second kappa shape index (κ2) is 9.68. The number of halogens is 2. The van der Waals surface area contributed by atoms with Crippen molar-refractivity contribution in [3.8, 4) is 5.69 Å². The second-order valence-corrected chi connectivity index (χ2v) is 8.65. The summed E-state index contributed by atoms with van der Waals surface area (Å²) in [5.74, 6) is -0.429. The van der Waals surface area contributed by atoms with E-state index < -0.39 is 22.8 Å². The second-order valence-electron chi connectivity index (χ2n) is 7.84. The van der Waals surface area contributed by atoms with Crippen molar-refractivity contribution in [3.63, 3.8) is 0 Å². The number of nitrogens with one attached hydrogen (secondary N) is 1. The number of aliphatic hydroxyl groups is 1. The van der Waals surface area contributed by atoms with Gasteiger partial charge in [0, 0.05) is 11.6 Å². The van der Waals surface area contributed by atoms with Crippen molar-refractivity contribution in [2.45, 2.75) is 32.4 Å². The van der Waals surface area contributed by atoms with Crippen LogP contribution in [0.4, 0.5) is 0 Å². The predicted octanol–water partition coefficient (Wildman–Crippen LogP) is 2.44. The van der Waals surface area contributed by atoms with E-state index in [1.807, 2.05) is 18.2 Å². The smallest absolute Gasteiger partial charge is 0.352 e. The minimum atomic E-state index is -1.28. The van der Waals surface area contributed by atoms with Crippen molar-refractivity contribution in [1.82, 2.24) is 19.7 Å². The summed E-state index contributed by atoms with van der Waals surface area (Å²) in [5.41, 5.74) is -1.36. The van der Waals surface area contributed by atoms with E-state index in [9.17, 15) is 19.5 Å². The molecule has 0 bridgehead atoms. The van der Waals surface area contributed by atoms with Gasteiger partial charge in [-0.15, -0.1) is 0 Å². The van der Waals surface area contributed by atoms with E-state index in [0.29, 0.717) is 18.0 Å². The van der Waals surface area contributed by atoms with Crippen LogP contribution in [-0.2, 0) is 13.0 Å². The molecule has 0 saturated carbocycles. The van der Waals surface area contributed by atoms with E-state index in [2.05, 4.69) is 10.4 Å². The van der Waals surface area contributed by atoms with E-state index in [-0.39, 0.29) is 22.8 Å². The van der Waals surface area contributed by atoms with Crippen LogP contribution < -0.4 is 16.6 Å². The number of aromatic nitrogens is 3. The summed E-state index contributed by atoms with van der Waals surface area (Å²) >= 11 is 12.3. The first-order valence-corrected chi connectivity index (χ1v) is 10.6. The quantitative estimate of drug-likeness (QED) is 0.544. The molecule has 3 rings (SSSR count). The average Bonchev–Trinajstić information content (AvgIpc) is 2.72. The van der Waals surface area contributed by atoms with Crippen LogP contribution >= 0.6 is 23.2 Å². The van der Waals surface area contributed by atoms with Gasteiger partial charge in [0.2, 0.25) is 0 Å². The summed E-state index contributed by atoms with van der Waals surface area (Å²) in [4.78, 5) is 37.6. The van der Waals surface area contributed by atoms with Gasteiger partial charge >= 0.3 is 5.69 Å². The van der Waals surface area contributed by atoms with E-state index in [1.54, 1.807) is 6.07 Å².